The molecule has 0 aliphatic rings. The van der Waals surface area contributed by atoms with Crippen molar-refractivity contribution in [2.24, 2.45) is 5.73 Å². The Morgan fingerprint density at radius 3 is 2.72 bits per heavy atom. The lowest BCUT2D eigenvalue weighted by Gasteiger charge is -2.09. The second-order valence-electron chi connectivity index (χ2n) is 4.44. The number of hydrogen-bond acceptors (Lipinski definition) is 3. The van der Waals surface area contributed by atoms with Crippen LogP contribution in [0.3, 0.4) is 0 Å². The maximum atomic E-state index is 5.65. The molecule has 0 aliphatic carbocycles. The Hall–Kier alpha value is -1.68. The van der Waals surface area contributed by atoms with Crippen LogP contribution in [0.25, 0.3) is 5.82 Å². The molecule has 0 aliphatic heterocycles. The highest BCUT2D eigenvalue weighted by molar-refractivity contribution is 5.38. The zero-order valence-electron chi connectivity index (χ0n) is 11.3. The van der Waals surface area contributed by atoms with E-state index in [0.29, 0.717) is 6.54 Å². The van der Waals surface area contributed by atoms with E-state index in [4.69, 9.17) is 5.73 Å². The Labute approximate surface area is 108 Å². The Bertz CT molecular complexity index is 543. The highest BCUT2D eigenvalue weighted by Gasteiger charge is 2.14. The van der Waals surface area contributed by atoms with E-state index < -0.39 is 0 Å². The van der Waals surface area contributed by atoms with E-state index in [1.165, 1.54) is 11.3 Å². The molecular weight excluding hydrogens is 224 g/mol. The molecule has 4 nitrogen and oxygen atoms in total. The smallest absolute Gasteiger partial charge is 0.156 e. The van der Waals surface area contributed by atoms with E-state index in [1.54, 1.807) is 6.20 Å². The third-order valence-corrected chi connectivity index (χ3v) is 3.28. The summed E-state index contributed by atoms with van der Waals surface area (Å²) in [6.45, 7) is 6.92. The normalized spacial score (nSPS) is 10.9. The predicted octanol–water partition coefficient (Wildman–Crippen LogP) is 1.95. The fraction of sp³-hybridized carbons (Fsp3) is 0.429. The summed E-state index contributed by atoms with van der Waals surface area (Å²) < 4.78 is 1.94. The van der Waals surface area contributed by atoms with Crippen molar-refractivity contribution in [3.05, 3.63) is 40.8 Å². The summed E-state index contributed by atoms with van der Waals surface area (Å²) in [6.07, 6.45) is 3.62. The minimum atomic E-state index is 0.624. The van der Waals surface area contributed by atoms with Gasteiger partial charge in [0.05, 0.1) is 5.69 Å². The van der Waals surface area contributed by atoms with Gasteiger partial charge in [-0.05, 0) is 50.4 Å². The van der Waals surface area contributed by atoms with Gasteiger partial charge in [-0.2, -0.15) is 5.10 Å². The molecule has 0 amide bonds. The van der Waals surface area contributed by atoms with Gasteiger partial charge in [-0.15, -0.1) is 0 Å². The monoisotopic (exact) mass is 244 g/mol. The first-order valence-corrected chi connectivity index (χ1v) is 6.38. The molecule has 18 heavy (non-hydrogen) atoms. The molecule has 2 aromatic heterocycles. The average molecular weight is 244 g/mol. The van der Waals surface area contributed by atoms with Gasteiger partial charge in [0.1, 0.15) is 0 Å². The van der Waals surface area contributed by atoms with Gasteiger partial charge in [0.15, 0.2) is 5.82 Å². The molecule has 0 atom stereocenters. The molecule has 0 fully saturated rings. The van der Waals surface area contributed by atoms with Crippen LogP contribution >= 0.6 is 0 Å². The third-order valence-electron chi connectivity index (χ3n) is 3.28. The summed E-state index contributed by atoms with van der Waals surface area (Å²) >= 11 is 0. The standard InChI is InChI=1S/C14H20N4/c1-4-13-10(2)17-18(11(13)3)14-12(7-8-15)6-5-9-16-14/h5-6,9H,4,7-8,15H2,1-3H3. The van der Waals surface area contributed by atoms with E-state index in [9.17, 15) is 0 Å². The number of aromatic nitrogens is 3. The Morgan fingerprint density at radius 1 is 1.33 bits per heavy atom. The molecule has 0 radical (unpaired) electrons. The molecular formula is C14H20N4. The number of rotatable bonds is 4. The molecule has 0 saturated carbocycles. The molecule has 2 N–H and O–H groups in total. The molecule has 0 unspecified atom stereocenters. The number of hydrogen-bond donors (Lipinski definition) is 1. The van der Waals surface area contributed by atoms with Gasteiger partial charge in [0, 0.05) is 11.9 Å². The summed E-state index contributed by atoms with van der Waals surface area (Å²) in [5.41, 5.74) is 10.4. The van der Waals surface area contributed by atoms with Crippen LogP contribution in [0.5, 0.6) is 0 Å². The highest BCUT2D eigenvalue weighted by atomic mass is 15.3. The van der Waals surface area contributed by atoms with Gasteiger partial charge in [-0.25, -0.2) is 9.67 Å². The van der Waals surface area contributed by atoms with Crippen LogP contribution in [0.1, 0.15) is 29.4 Å². The van der Waals surface area contributed by atoms with Crippen LogP contribution in [0.2, 0.25) is 0 Å². The van der Waals surface area contributed by atoms with Crippen LogP contribution in [0.15, 0.2) is 18.3 Å². The van der Waals surface area contributed by atoms with Crippen molar-refractivity contribution in [2.75, 3.05) is 6.54 Å². The predicted molar refractivity (Wildman–Crippen MR) is 73.0 cm³/mol. The van der Waals surface area contributed by atoms with Gasteiger partial charge in [0.2, 0.25) is 0 Å². The lowest BCUT2D eigenvalue weighted by molar-refractivity contribution is 0.784. The molecule has 96 valence electrons. The maximum Gasteiger partial charge on any atom is 0.156 e. The summed E-state index contributed by atoms with van der Waals surface area (Å²) in [6, 6.07) is 4.01. The van der Waals surface area contributed by atoms with Crippen molar-refractivity contribution in [3.8, 4) is 5.82 Å². The number of pyridine rings is 1. The molecule has 2 aromatic rings. The summed E-state index contributed by atoms with van der Waals surface area (Å²) in [5.74, 6) is 0.906. The topological polar surface area (TPSA) is 56.7 Å². The molecule has 0 spiro atoms. The van der Waals surface area contributed by atoms with Crippen molar-refractivity contribution >= 4 is 0 Å². The van der Waals surface area contributed by atoms with Crippen LogP contribution in [0, 0.1) is 13.8 Å². The lowest BCUT2D eigenvalue weighted by atomic mass is 10.1. The summed E-state index contributed by atoms with van der Waals surface area (Å²) in [5, 5.41) is 4.61. The number of nitrogens with zero attached hydrogens (tertiary/aromatic N) is 3. The Balaban J connectivity index is 2.55. The number of nitrogens with two attached hydrogens (primary N) is 1. The maximum absolute atomic E-state index is 5.65. The van der Waals surface area contributed by atoms with Crippen molar-refractivity contribution in [1.82, 2.24) is 14.8 Å². The van der Waals surface area contributed by atoms with Crippen molar-refractivity contribution in [1.29, 1.82) is 0 Å². The minimum Gasteiger partial charge on any atom is -0.330 e. The zero-order valence-corrected chi connectivity index (χ0v) is 11.3. The van der Waals surface area contributed by atoms with Crippen molar-refractivity contribution in [3.63, 3.8) is 0 Å². The molecule has 0 bridgehead atoms. The van der Waals surface area contributed by atoms with Gasteiger partial charge in [0.25, 0.3) is 0 Å². The first-order chi connectivity index (χ1) is 8.69. The van der Waals surface area contributed by atoms with Gasteiger partial charge < -0.3 is 5.73 Å². The number of aryl methyl sites for hydroxylation is 1. The van der Waals surface area contributed by atoms with E-state index in [0.717, 1.165) is 29.9 Å². The van der Waals surface area contributed by atoms with Crippen LogP contribution in [0.4, 0.5) is 0 Å². The zero-order chi connectivity index (χ0) is 13.1. The van der Waals surface area contributed by atoms with E-state index in [1.807, 2.05) is 17.7 Å². The summed E-state index contributed by atoms with van der Waals surface area (Å²) in [7, 11) is 0. The van der Waals surface area contributed by atoms with E-state index in [2.05, 4.69) is 30.0 Å². The highest BCUT2D eigenvalue weighted by Crippen LogP contribution is 2.19. The quantitative estimate of drug-likeness (QED) is 0.894. The van der Waals surface area contributed by atoms with E-state index >= 15 is 0 Å². The largest absolute Gasteiger partial charge is 0.330 e. The molecule has 0 saturated heterocycles. The second kappa shape index (κ2) is 5.31. The second-order valence-corrected chi connectivity index (χ2v) is 4.44. The molecule has 4 heteroatoms. The van der Waals surface area contributed by atoms with Crippen LogP contribution in [-0.2, 0) is 12.8 Å². The fourth-order valence-electron chi connectivity index (χ4n) is 2.36. The Morgan fingerprint density at radius 2 is 2.11 bits per heavy atom. The van der Waals surface area contributed by atoms with E-state index in [-0.39, 0.29) is 0 Å². The van der Waals surface area contributed by atoms with Gasteiger partial charge >= 0.3 is 0 Å². The van der Waals surface area contributed by atoms with Crippen molar-refractivity contribution < 1.29 is 0 Å². The first kappa shape index (κ1) is 12.8. The lowest BCUT2D eigenvalue weighted by Crippen LogP contribution is -2.10. The van der Waals surface area contributed by atoms with Crippen LogP contribution in [-0.4, -0.2) is 21.3 Å². The van der Waals surface area contributed by atoms with Gasteiger partial charge in [-0.1, -0.05) is 13.0 Å². The average Bonchev–Trinajstić information content (AvgIpc) is 2.65. The Kier molecular flexibility index (Phi) is 3.77. The first-order valence-electron chi connectivity index (χ1n) is 6.38. The van der Waals surface area contributed by atoms with Crippen molar-refractivity contribution in [2.45, 2.75) is 33.6 Å². The van der Waals surface area contributed by atoms with Crippen LogP contribution < -0.4 is 5.73 Å². The van der Waals surface area contributed by atoms with Gasteiger partial charge in [-0.3, -0.25) is 0 Å². The SMILES string of the molecule is CCc1c(C)nn(-c2ncccc2CCN)c1C. The molecule has 2 rings (SSSR count). The molecule has 2 heterocycles. The third kappa shape index (κ3) is 2.16. The molecule has 0 aromatic carbocycles. The fourth-order valence-corrected chi connectivity index (χ4v) is 2.36. The minimum absolute atomic E-state index is 0.624. The summed E-state index contributed by atoms with van der Waals surface area (Å²) in [4.78, 5) is 4.46.